The molecule has 0 aliphatic heterocycles. The molecule has 0 unspecified atom stereocenters. The molecule has 2 aromatic rings. The molecule has 0 radical (unpaired) electrons. The number of aryl methyl sites for hydroxylation is 1. The molecule has 0 amide bonds. The van der Waals surface area contributed by atoms with E-state index in [9.17, 15) is 0 Å². The molecule has 0 saturated heterocycles. The lowest BCUT2D eigenvalue weighted by atomic mass is 10.1. The van der Waals surface area contributed by atoms with Gasteiger partial charge in [-0.1, -0.05) is 13.0 Å². The van der Waals surface area contributed by atoms with E-state index in [2.05, 4.69) is 24.0 Å². The van der Waals surface area contributed by atoms with E-state index >= 15 is 0 Å². The molecular weight excluding hydrogens is 244 g/mol. The first kappa shape index (κ1) is 13.1. The maximum atomic E-state index is 5.56. The summed E-state index contributed by atoms with van der Waals surface area (Å²) >= 11 is 1.69. The number of nitrogens with zero attached hydrogens (tertiary/aromatic N) is 1. The number of hydrogen-bond acceptors (Lipinski definition) is 4. The van der Waals surface area contributed by atoms with E-state index < -0.39 is 0 Å². The fraction of sp³-hybridized carbons (Fsp3) is 0.357. The number of methoxy groups -OCH3 is 1. The lowest BCUT2D eigenvalue weighted by molar-refractivity contribution is 0.416. The maximum absolute atomic E-state index is 5.56. The van der Waals surface area contributed by atoms with Crippen LogP contribution in [0.2, 0.25) is 0 Å². The lowest BCUT2D eigenvalue weighted by Crippen LogP contribution is -2.00. The summed E-state index contributed by atoms with van der Waals surface area (Å²) in [5.74, 6) is 0.876. The molecule has 1 aromatic carbocycles. The first-order valence-corrected chi connectivity index (χ1v) is 6.92. The van der Waals surface area contributed by atoms with Gasteiger partial charge >= 0.3 is 0 Å². The minimum atomic E-state index is 0.660. The van der Waals surface area contributed by atoms with Gasteiger partial charge in [0, 0.05) is 11.1 Å². The molecule has 2 N–H and O–H groups in total. The van der Waals surface area contributed by atoms with Gasteiger partial charge in [0.25, 0.3) is 0 Å². The van der Waals surface area contributed by atoms with Crippen molar-refractivity contribution in [3.05, 3.63) is 34.8 Å². The summed E-state index contributed by atoms with van der Waals surface area (Å²) in [5.41, 5.74) is 7.93. The number of rotatable bonds is 5. The summed E-state index contributed by atoms with van der Waals surface area (Å²) in [7, 11) is 1.69. The van der Waals surface area contributed by atoms with Crippen LogP contribution in [0.5, 0.6) is 5.75 Å². The molecule has 0 saturated carbocycles. The molecule has 18 heavy (non-hydrogen) atoms. The number of ether oxygens (including phenoxy) is 1. The first-order chi connectivity index (χ1) is 8.78. The lowest BCUT2D eigenvalue weighted by Gasteiger charge is -2.07. The average Bonchev–Trinajstić information content (AvgIpc) is 2.87. The number of benzene rings is 1. The van der Waals surface area contributed by atoms with Gasteiger partial charge in [-0.2, -0.15) is 0 Å². The Morgan fingerprint density at radius 2 is 2.22 bits per heavy atom. The van der Waals surface area contributed by atoms with Gasteiger partial charge in [0.1, 0.15) is 10.8 Å². The molecule has 3 nitrogen and oxygen atoms in total. The van der Waals surface area contributed by atoms with Crippen molar-refractivity contribution in [2.75, 3.05) is 13.7 Å². The van der Waals surface area contributed by atoms with Gasteiger partial charge in [-0.15, -0.1) is 11.3 Å². The molecule has 0 fully saturated rings. The van der Waals surface area contributed by atoms with Crippen LogP contribution in [0.25, 0.3) is 10.6 Å². The Labute approximate surface area is 112 Å². The Balaban J connectivity index is 2.40. The molecule has 2 rings (SSSR count). The van der Waals surface area contributed by atoms with Crippen LogP contribution in [-0.4, -0.2) is 18.6 Å². The zero-order valence-electron chi connectivity index (χ0n) is 10.8. The summed E-state index contributed by atoms with van der Waals surface area (Å²) in [4.78, 5) is 5.69. The topological polar surface area (TPSA) is 48.1 Å². The fourth-order valence-electron chi connectivity index (χ4n) is 1.83. The maximum Gasteiger partial charge on any atom is 0.129 e. The van der Waals surface area contributed by atoms with E-state index in [0.717, 1.165) is 29.2 Å². The summed E-state index contributed by atoms with van der Waals surface area (Å²) in [6.45, 7) is 2.81. The SMILES string of the molecule is CCc1ccc(OC)c(-c2ncc(CCN)s2)c1. The highest BCUT2D eigenvalue weighted by Crippen LogP contribution is 2.33. The van der Waals surface area contributed by atoms with Crippen LogP contribution < -0.4 is 10.5 Å². The van der Waals surface area contributed by atoms with E-state index in [1.807, 2.05) is 12.3 Å². The predicted molar refractivity (Wildman–Crippen MR) is 76.2 cm³/mol. The van der Waals surface area contributed by atoms with Crippen molar-refractivity contribution in [3.8, 4) is 16.3 Å². The Morgan fingerprint density at radius 3 is 2.89 bits per heavy atom. The molecule has 0 aliphatic carbocycles. The van der Waals surface area contributed by atoms with E-state index in [-0.39, 0.29) is 0 Å². The molecule has 0 spiro atoms. The van der Waals surface area contributed by atoms with E-state index in [1.54, 1.807) is 18.4 Å². The third-order valence-electron chi connectivity index (χ3n) is 2.85. The van der Waals surface area contributed by atoms with E-state index in [4.69, 9.17) is 10.5 Å². The average molecular weight is 262 g/mol. The Bertz CT molecular complexity index is 522. The van der Waals surface area contributed by atoms with Gasteiger partial charge in [-0.25, -0.2) is 4.98 Å². The third-order valence-corrected chi connectivity index (χ3v) is 3.94. The van der Waals surface area contributed by atoms with Crippen molar-refractivity contribution in [3.63, 3.8) is 0 Å². The normalized spacial score (nSPS) is 10.6. The third kappa shape index (κ3) is 2.71. The van der Waals surface area contributed by atoms with E-state index in [1.165, 1.54) is 10.4 Å². The van der Waals surface area contributed by atoms with Crippen LogP contribution in [0.3, 0.4) is 0 Å². The van der Waals surface area contributed by atoms with Crippen molar-refractivity contribution < 1.29 is 4.74 Å². The molecule has 0 aliphatic rings. The van der Waals surface area contributed by atoms with Crippen LogP contribution in [-0.2, 0) is 12.8 Å². The van der Waals surface area contributed by atoms with Gasteiger partial charge in [-0.3, -0.25) is 0 Å². The minimum Gasteiger partial charge on any atom is -0.496 e. The van der Waals surface area contributed by atoms with Gasteiger partial charge in [0.15, 0.2) is 0 Å². The standard InChI is InChI=1S/C14H18N2OS/c1-3-10-4-5-13(17-2)12(8-10)14-16-9-11(18-14)6-7-15/h4-5,8-9H,3,6-7,15H2,1-2H3. The Morgan fingerprint density at radius 1 is 1.39 bits per heavy atom. The van der Waals surface area contributed by atoms with Gasteiger partial charge < -0.3 is 10.5 Å². The van der Waals surface area contributed by atoms with E-state index in [0.29, 0.717) is 6.54 Å². The summed E-state index contributed by atoms with van der Waals surface area (Å²) in [6.07, 6.45) is 3.80. The highest BCUT2D eigenvalue weighted by molar-refractivity contribution is 7.15. The van der Waals surface area contributed by atoms with Gasteiger partial charge in [0.05, 0.1) is 12.7 Å². The Hall–Kier alpha value is -1.39. The largest absolute Gasteiger partial charge is 0.496 e. The predicted octanol–water partition coefficient (Wildman–Crippen LogP) is 2.88. The summed E-state index contributed by atoms with van der Waals surface area (Å²) in [5, 5.41) is 1.01. The number of thiazole rings is 1. The second-order valence-electron chi connectivity index (χ2n) is 4.06. The first-order valence-electron chi connectivity index (χ1n) is 6.10. The number of hydrogen-bond donors (Lipinski definition) is 1. The number of aromatic nitrogens is 1. The number of nitrogens with two attached hydrogens (primary N) is 1. The smallest absolute Gasteiger partial charge is 0.129 e. The van der Waals surface area contributed by atoms with Gasteiger partial charge in [-0.05, 0) is 37.1 Å². The highest BCUT2D eigenvalue weighted by Gasteiger charge is 2.10. The van der Waals surface area contributed by atoms with Crippen LogP contribution >= 0.6 is 11.3 Å². The van der Waals surface area contributed by atoms with Crippen LogP contribution in [0.15, 0.2) is 24.4 Å². The molecular formula is C14H18N2OS. The molecule has 0 bridgehead atoms. The molecule has 1 heterocycles. The zero-order valence-corrected chi connectivity index (χ0v) is 11.6. The van der Waals surface area contributed by atoms with Crippen LogP contribution in [0.1, 0.15) is 17.4 Å². The Kier molecular flexibility index (Phi) is 4.33. The molecule has 0 atom stereocenters. The summed E-state index contributed by atoms with van der Waals surface area (Å²) in [6, 6.07) is 6.26. The van der Waals surface area contributed by atoms with Crippen LogP contribution in [0.4, 0.5) is 0 Å². The molecule has 96 valence electrons. The van der Waals surface area contributed by atoms with Crippen molar-refractivity contribution in [2.24, 2.45) is 5.73 Å². The van der Waals surface area contributed by atoms with Crippen molar-refractivity contribution >= 4 is 11.3 Å². The minimum absolute atomic E-state index is 0.660. The van der Waals surface area contributed by atoms with Crippen molar-refractivity contribution in [1.82, 2.24) is 4.98 Å². The van der Waals surface area contributed by atoms with Crippen molar-refractivity contribution in [1.29, 1.82) is 0 Å². The monoisotopic (exact) mass is 262 g/mol. The molecule has 4 heteroatoms. The van der Waals surface area contributed by atoms with Crippen molar-refractivity contribution in [2.45, 2.75) is 19.8 Å². The van der Waals surface area contributed by atoms with Gasteiger partial charge in [0.2, 0.25) is 0 Å². The zero-order chi connectivity index (χ0) is 13.0. The van der Waals surface area contributed by atoms with Crippen LogP contribution in [0, 0.1) is 0 Å². The summed E-state index contributed by atoms with van der Waals surface area (Å²) < 4.78 is 5.41. The fourth-order valence-corrected chi connectivity index (χ4v) is 2.78. The second kappa shape index (κ2) is 5.98. The molecule has 1 aromatic heterocycles. The second-order valence-corrected chi connectivity index (χ2v) is 5.17. The quantitative estimate of drug-likeness (QED) is 0.901. The highest BCUT2D eigenvalue weighted by atomic mass is 32.1.